The number of hydrogen-bond donors (Lipinski definition) is 0. The molecule has 2 aromatic rings. The SMILES string of the molecule is CCc1ccc2[te]ccc2c1. The number of benzene rings is 1. The number of hydrogen-bond acceptors (Lipinski definition) is 0. The first-order valence-corrected chi connectivity index (χ1v) is 6.37. The van der Waals surface area contributed by atoms with Crippen molar-refractivity contribution >= 4 is 29.2 Å². The topological polar surface area (TPSA) is 0 Å². The van der Waals surface area contributed by atoms with Gasteiger partial charge in [0.2, 0.25) is 0 Å². The summed E-state index contributed by atoms with van der Waals surface area (Å²) in [5, 5.41) is 1.48. The second-order valence-electron chi connectivity index (χ2n) is 2.65. The molecule has 0 aliphatic rings. The van der Waals surface area contributed by atoms with Crippen molar-refractivity contribution in [1.82, 2.24) is 0 Å². The van der Waals surface area contributed by atoms with Gasteiger partial charge in [-0.1, -0.05) is 0 Å². The van der Waals surface area contributed by atoms with Crippen molar-refractivity contribution in [2.75, 3.05) is 0 Å². The molecule has 0 spiro atoms. The fraction of sp³-hybridized carbons (Fsp3) is 0.200. The number of fused-ring (bicyclic) bond motifs is 1. The summed E-state index contributed by atoms with van der Waals surface area (Å²) < 4.78 is 3.96. The van der Waals surface area contributed by atoms with E-state index in [9.17, 15) is 0 Å². The minimum atomic E-state index is 0.0601. The van der Waals surface area contributed by atoms with E-state index in [1.54, 1.807) is 3.40 Å². The molecule has 0 aliphatic carbocycles. The van der Waals surface area contributed by atoms with Gasteiger partial charge >= 0.3 is 76.5 Å². The van der Waals surface area contributed by atoms with Crippen molar-refractivity contribution in [2.24, 2.45) is 0 Å². The first-order valence-electron chi connectivity index (χ1n) is 3.86. The first-order chi connectivity index (χ1) is 5.40. The molecule has 0 bridgehead atoms. The van der Waals surface area contributed by atoms with Crippen LogP contribution < -0.4 is 0 Å². The molecule has 1 heteroatoms. The third-order valence-corrected chi connectivity index (χ3v) is 4.49. The van der Waals surface area contributed by atoms with Crippen LogP contribution in [-0.2, 0) is 6.42 Å². The summed E-state index contributed by atoms with van der Waals surface area (Å²) in [5.41, 5.74) is 1.46. The second kappa shape index (κ2) is 3.01. The van der Waals surface area contributed by atoms with E-state index < -0.39 is 0 Å². The molecule has 1 aromatic carbocycles. The Labute approximate surface area is 76.5 Å². The Kier molecular flexibility index (Phi) is 2.02. The number of aryl methyl sites for hydroxylation is 1. The van der Waals surface area contributed by atoms with E-state index in [2.05, 4.69) is 35.3 Å². The van der Waals surface area contributed by atoms with Crippen LogP contribution in [0.15, 0.2) is 28.3 Å². The van der Waals surface area contributed by atoms with Crippen LogP contribution in [0.1, 0.15) is 12.5 Å². The average Bonchev–Trinajstić information content (AvgIpc) is 2.50. The molecular weight excluding hydrogens is 248 g/mol. The third kappa shape index (κ3) is 1.36. The standard InChI is InChI=1S/C10H10Te/c1-2-8-3-4-10-9(7-8)5-6-11-10/h3-7H,2H2,1H3. The van der Waals surface area contributed by atoms with Gasteiger partial charge in [-0.2, -0.15) is 0 Å². The fourth-order valence-electron chi connectivity index (χ4n) is 1.24. The molecule has 0 N–H and O–H groups in total. The predicted octanol–water partition coefficient (Wildman–Crippen LogP) is 2.46. The summed E-state index contributed by atoms with van der Waals surface area (Å²) in [5.74, 6) is 0. The van der Waals surface area contributed by atoms with E-state index in [4.69, 9.17) is 0 Å². The summed E-state index contributed by atoms with van der Waals surface area (Å²) >= 11 is 0.0601. The van der Waals surface area contributed by atoms with Crippen molar-refractivity contribution in [1.29, 1.82) is 0 Å². The Morgan fingerprint density at radius 3 is 3.00 bits per heavy atom. The minimum absolute atomic E-state index is 0.0601. The summed E-state index contributed by atoms with van der Waals surface area (Å²) in [6, 6.07) is 9.16. The molecule has 0 aliphatic heterocycles. The number of rotatable bonds is 1. The van der Waals surface area contributed by atoms with Gasteiger partial charge in [0.15, 0.2) is 0 Å². The van der Waals surface area contributed by atoms with Crippen molar-refractivity contribution in [3.05, 3.63) is 33.9 Å². The average molecular weight is 258 g/mol. The van der Waals surface area contributed by atoms with E-state index in [0.29, 0.717) is 0 Å². The Bertz CT molecular complexity index is 360. The van der Waals surface area contributed by atoms with Crippen LogP contribution in [0, 0.1) is 0 Å². The van der Waals surface area contributed by atoms with Crippen molar-refractivity contribution < 1.29 is 0 Å². The maximum absolute atomic E-state index is 2.36. The first kappa shape index (κ1) is 7.40. The molecule has 2 rings (SSSR count). The van der Waals surface area contributed by atoms with Crippen LogP contribution in [0.5, 0.6) is 0 Å². The van der Waals surface area contributed by atoms with Crippen LogP contribution in [-0.4, -0.2) is 20.4 Å². The van der Waals surface area contributed by atoms with Gasteiger partial charge in [0.05, 0.1) is 0 Å². The molecule has 11 heavy (non-hydrogen) atoms. The van der Waals surface area contributed by atoms with Gasteiger partial charge in [0, 0.05) is 0 Å². The van der Waals surface area contributed by atoms with Gasteiger partial charge in [-0.3, -0.25) is 0 Å². The van der Waals surface area contributed by atoms with Crippen LogP contribution >= 0.6 is 0 Å². The molecule has 0 amide bonds. The molecule has 1 aromatic heterocycles. The molecule has 56 valence electrons. The van der Waals surface area contributed by atoms with Gasteiger partial charge in [0.25, 0.3) is 0 Å². The van der Waals surface area contributed by atoms with Gasteiger partial charge in [0.1, 0.15) is 0 Å². The van der Waals surface area contributed by atoms with Crippen LogP contribution in [0.3, 0.4) is 0 Å². The van der Waals surface area contributed by atoms with Crippen LogP contribution in [0.25, 0.3) is 8.79 Å². The summed E-state index contributed by atoms with van der Waals surface area (Å²) in [6.45, 7) is 2.21. The van der Waals surface area contributed by atoms with E-state index in [0.717, 1.165) is 6.42 Å². The van der Waals surface area contributed by atoms with Gasteiger partial charge < -0.3 is 0 Å². The Morgan fingerprint density at radius 1 is 1.27 bits per heavy atom. The summed E-state index contributed by atoms with van der Waals surface area (Å²) in [4.78, 5) is 0. The van der Waals surface area contributed by atoms with E-state index >= 15 is 0 Å². The van der Waals surface area contributed by atoms with E-state index in [1.165, 1.54) is 10.9 Å². The molecule has 0 saturated heterocycles. The summed E-state index contributed by atoms with van der Waals surface area (Å²) in [6.07, 6.45) is 1.15. The van der Waals surface area contributed by atoms with E-state index in [1.807, 2.05) is 0 Å². The Hall–Kier alpha value is -0.250. The fourth-order valence-corrected chi connectivity index (χ4v) is 3.44. The van der Waals surface area contributed by atoms with Crippen molar-refractivity contribution in [3.63, 3.8) is 0 Å². The predicted molar refractivity (Wildman–Crippen MR) is 50.3 cm³/mol. The molecule has 0 saturated carbocycles. The molecule has 0 radical (unpaired) electrons. The quantitative estimate of drug-likeness (QED) is 0.689. The molecule has 1 heterocycles. The molecule has 0 nitrogen and oxygen atoms in total. The molecule has 0 atom stereocenters. The zero-order valence-electron chi connectivity index (χ0n) is 6.50. The Balaban J connectivity index is 2.67. The normalized spacial score (nSPS) is 10.6. The summed E-state index contributed by atoms with van der Waals surface area (Å²) in [7, 11) is 0. The van der Waals surface area contributed by atoms with Crippen LogP contribution in [0.4, 0.5) is 0 Å². The zero-order chi connectivity index (χ0) is 7.68. The van der Waals surface area contributed by atoms with Gasteiger partial charge in [-0.15, -0.1) is 0 Å². The molecule has 0 fully saturated rings. The van der Waals surface area contributed by atoms with Gasteiger partial charge in [-0.25, -0.2) is 0 Å². The Morgan fingerprint density at radius 2 is 2.18 bits per heavy atom. The monoisotopic (exact) mass is 260 g/mol. The molecule has 0 unspecified atom stereocenters. The van der Waals surface area contributed by atoms with Crippen molar-refractivity contribution in [3.8, 4) is 0 Å². The van der Waals surface area contributed by atoms with Crippen LogP contribution in [0.2, 0.25) is 0 Å². The van der Waals surface area contributed by atoms with E-state index in [-0.39, 0.29) is 20.4 Å². The zero-order valence-corrected chi connectivity index (χ0v) is 8.83. The second-order valence-corrected chi connectivity index (χ2v) is 5.35. The third-order valence-electron chi connectivity index (χ3n) is 1.93. The maximum atomic E-state index is 2.36. The molecular formula is C10H10Te. The van der Waals surface area contributed by atoms with Crippen molar-refractivity contribution in [2.45, 2.75) is 13.3 Å². The van der Waals surface area contributed by atoms with Gasteiger partial charge in [-0.05, 0) is 0 Å².